The summed E-state index contributed by atoms with van der Waals surface area (Å²) in [5.41, 5.74) is 0.905. The van der Waals surface area contributed by atoms with Crippen LogP contribution >= 0.6 is 0 Å². The summed E-state index contributed by atoms with van der Waals surface area (Å²) in [6.45, 7) is 1.78. The van der Waals surface area contributed by atoms with Gasteiger partial charge < -0.3 is 0 Å². The van der Waals surface area contributed by atoms with E-state index in [1.165, 1.54) is 31.1 Å². The number of hydrogen-bond donors (Lipinski definition) is 0. The smallest absolute Gasteiger partial charge is 0.242 e. The molecule has 6 nitrogen and oxygen atoms in total. The van der Waals surface area contributed by atoms with Gasteiger partial charge in [0.2, 0.25) is 21.8 Å². The van der Waals surface area contributed by atoms with Crippen LogP contribution < -0.4 is 4.90 Å². The third-order valence-corrected chi connectivity index (χ3v) is 7.48. The van der Waals surface area contributed by atoms with Gasteiger partial charge in [-0.3, -0.25) is 14.5 Å². The van der Waals surface area contributed by atoms with Crippen LogP contribution in [0.2, 0.25) is 0 Å². The van der Waals surface area contributed by atoms with Crippen molar-refractivity contribution in [3.8, 4) is 0 Å². The fourth-order valence-electron chi connectivity index (χ4n) is 4.13. The molecule has 1 aromatic carbocycles. The molecule has 0 N–H and O–H groups in total. The van der Waals surface area contributed by atoms with Gasteiger partial charge in [0, 0.05) is 26.9 Å². The first kappa shape index (κ1) is 19.0. The Morgan fingerprint density at radius 2 is 1.58 bits per heavy atom. The Kier molecular flexibility index (Phi) is 4.96. The SMILES string of the molecule is Cc1ccc(S(=O)(=O)N(C)C)cc1N1C(=O)CC2(CCCCC2)CC1=O. The lowest BCUT2D eigenvalue weighted by molar-refractivity contribution is -0.134. The summed E-state index contributed by atoms with van der Waals surface area (Å²) in [6, 6.07) is 4.60. The number of sulfonamides is 1. The van der Waals surface area contributed by atoms with E-state index >= 15 is 0 Å². The van der Waals surface area contributed by atoms with Crippen molar-refractivity contribution in [3.05, 3.63) is 23.8 Å². The molecule has 1 aromatic rings. The topological polar surface area (TPSA) is 74.8 Å². The van der Waals surface area contributed by atoms with Crippen molar-refractivity contribution in [2.24, 2.45) is 5.41 Å². The minimum Gasteiger partial charge on any atom is -0.274 e. The van der Waals surface area contributed by atoms with Gasteiger partial charge in [-0.1, -0.05) is 25.3 Å². The highest BCUT2D eigenvalue weighted by atomic mass is 32.2. The first-order valence-corrected chi connectivity index (χ1v) is 10.5. The van der Waals surface area contributed by atoms with Crippen molar-refractivity contribution < 1.29 is 18.0 Å². The molecule has 0 atom stereocenters. The number of rotatable bonds is 3. The number of anilines is 1. The Hall–Kier alpha value is -1.73. The van der Waals surface area contributed by atoms with Crippen LogP contribution in [0.5, 0.6) is 0 Å². The van der Waals surface area contributed by atoms with E-state index in [4.69, 9.17) is 0 Å². The molecular formula is C19H26N2O4S. The number of aryl methyl sites for hydroxylation is 1. The van der Waals surface area contributed by atoms with Crippen molar-refractivity contribution in [2.45, 2.75) is 56.8 Å². The first-order chi connectivity index (χ1) is 12.2. The van der Waals surface area contributed by atoms with E-state index in [9.17, 15) is 18.0 Å². The molecule has 0 aromatic heterocycles. The highest BCUT2D eigenvalue weighted by molar-refractivity contribution is 7.89. The third kappa shape index (κ3) is 3.30. The number of carbonyl (C=O) groups is 2. The number of imide groups is 1. The van der Waals surface area contributed by atoms with Crippen LogP contribution in [0.4, 0.5) is 5.69 Å². The third-order valence-electron chi connectivity index (χ3n) is 5.67. The van der Waals surface area contributed by atoms with Gasteiger partial charge in [0.25, 0.3) is 0 Å². The maximum Gasteiger partial charge on any atom is 0.242 e. The van der Waals surface area contributed by atoms with Gasteiger partial charge in [0.15, 0.2) is 0 Å². The molecule has 26 heavy (non-hydrogen) atoms. The van der Waals surface area contributed by atoms with E-state index in [-0.39, 0.29) is 22.1 Å². The summed E-state index contributed by atoms with van der Waals surface area (Å²) in [4.78, 5) is 27.0. The van der Waals surface area contributed by atoms with E-state index in [1.807, 2.05) is 0 Å². The second kappa shape index (κ2) is 6.78. The lowest BCUT2D eigenvalue weighted by Gasteiger charge is -2.42. The minimum absolute atomic E-state index is 0.0849. The number of carbonyl (C=O) groups excluding carboxylic acids is 2. The van der Waals surface area contributed by atoms with Gasteiger partial charge in [-0.2, -0.15) is 0 Å². The predicted molar refractivity (Wildman–Crippen MR) is 99.3 cm³/mol. The van der Waals surface area contributed by atoms with E-state index < -0.39 is 10.0 Å². The molecule has 2 fully saturated rings. The number of piperidine rings is 1. The maximum absolute atomic E-state index is 12.9. The van der Waals surface area contributed by atoms with Gasteiger partial charge in [-0.15, -0.1) is 0 Å². The maximum atomic E-state index is 12.9. The Labute approximate surface area is 155 Å². The average Bonchev–Trinajstić information content (AvgIpc) is 2.56. The second-order valence-electron chi connectivity index (χ2n) is 7.77. The fraction of sp³-hybridized carbons (Fsp3) is 0.579. The molecule has 1 heterocycles. The summed E-state index contributed by atoms with van der Waals surface area (Å²) in [5.74, 6) is -0.434. The summed E-state index contributed by atoms with van der Waals surface area (Å²) < 4.78 is 26.0. The zero-order valence-corrected chi connectivity index (χ0v) is 16.4. The molecule has 1 saturated carbocycles. The Morgan fingerprint density at radius 3 is 2.12 bits per heavy atom. The number of hydrogen-bond acceptors (Lipinski definition) is 4. The Bertz CT molecular complexity index is 819. The quantitative estimate of drug-likeness (QED) is 0.758. The highest BCUT2D eigenvalue weighted by Crippen LogP contribution is 2.46. The molecular weight excluding hydrogens is 352 g/mol. The summed E-state index contributed by atoms with van der Waals surface area (Å²) in [6.07, 6.45) is 5.87. The Balaban J connectivity index is 1.96. The molecule has 0 radical (unpaired) electrons. The van der Waals surface area contributed by atoms with Crippen LogP contribution in [0.25, 0.3) is 0 Å². The zero-order chi connectivity index (χ0) is 19.1. The van der Waals surface area contributed by atoms with Crippen LogP contribution in [0, 0.1) is 12.3 Å². The van der Waals surface area contributed by atoms with E-state index in [2.05, 4.69) is 0 Å². The van der Waals surface area contributed by atoms with Crippen molar-refractivity contribution in [1.29, 1.82) is 0 Å². The first-order valence-electron chi connectivity index (χ1n) is 9.05. The molecule has 1 aliphatic heterocycles. The van der Waals surface area contributed by atoms with Crippen molar-refractivity contribution >= 4 is 27.5 Å². The van der Waals surface area contributed by atoms with Crippen LogP contribution in [-0.4, -0.2) is 38.6 Å². The molecule has 3 rings (SSSR count). The van der Waals surface area contributed by atoms with Crippen LogP contribution in [0.15, 0.2) is 23.1 Å². The van der Waals surface area contributed by atoms with Gasteiger partial charge >= 0.3 is 0 Å². The Morgan fingerprint density at radius 1 is 1.00 bits per heavy atom. The molecule has 1 aliphatic carbocycles. The fourth-order valence-corrected chi connectivity index (χ4v) is 5.05. The standard InChI is InChI=1S/C19H26N2O4S/c1-14-7-8-15(26(24,25)20(2)3)11-16(14)21-17(22)12-19(13-18(21)23)9-5-4-6-10-19/h7-8,11H,4-6,9-10,12-13H2,1-3H3. The molecule has 0 bridgehead atoms. The summed E-state index contributed by atoms with van der Waals surface area (Å²) in [7, 11) is -0.718. The normalized spacial score (nSPS) is 20.8. The largest absolute Gasteiger partial charge is 0.274 e. The average molecular weight is 378 g/mol. The van der Waals surface area contributed by atoms with E-state index in [0.29, 0.717) is 24.1 Å². The van der Waals surface area contributed by atoms with Crippen molar-refractivity contribution in [3.63, 3.8) is 0 Å². The molecule has 0 unspecified atom stereocenters. The van der Waals surface area contributed by atoms with Crippen molar-refractivity contribution in [1.82, 2.24) is 4.31 Å². The zero-order valence-electron chi connectivity index (χ0n) is 15.6. The molecule has 2 aliphatic rings. The number of benzene rings is 1. The molecule has 1 spiro atoms. The molecule has 2 amide bonds. The lowest BCUT2D eigenvalue weighted by Crippen LogP contribution is -2.49. The molecule has 7 heteroatoms. The van der Waals surface area contributed by atoms with E-state index in [0.717, 1.165) is 36.4 Å². The minimum atomic E-state index is -3.63. The van der Waals surface area contributed by atoms with Gasteiger partial charge in [0.05, 0.1) is 10.6 Å². The van der Waals surface area contributed by atoms with Crippen molar-refractivity contribution in [2.75, 3.05) is 19.0 Å². The van der Waals surface area contributed by atoms with E-state index in [1.54, 1.807) is 13.0 Å². The van der Waals surface area contributed by atoms with Crippen LogP contribution in [-0.2, 0) is 19.6 Å². The predicted octanol–water partition coefficient (Wildman–Crippen LogP) is 2.85. The monoisotopic (exact) mass is 378 g/mol. The van der Waals surface area contributed by atoms with Gasteiger partial charge in [0.1, 0.15) is 0 Å². The van der Waals surface area contributed by atoms with Gasteiger partial charge in [-0.25, -0.2) is 12.7 Å². The lowest BCUT2D eigenvalue weighted by atomic mass is 9.67. The second-order valence-corrected chi connectivity index (χ2v) is 9.92. The summed E-state index contributed by atoms with van der Waals surface area (Å²) in [5, 5.41) is 0. The van der Waals surface area contributed by atoms with Gasteiger partial charge in [-0.05, 0) is 42.9 Å². The number of amides is 2. The molecule has 142 valence electrons. The van der Waals surface area contributed by atoms with Crippen LogP contribution in [0.3, 0.4) is 0 Å². The molecule has 1 saturated heterocycles. The highest BCUT2D eigenvalue weighted by Gasteiger charge is 2.44. The number of nitrogens with zero attached hydrogens (tertiary/aromatic N) is 2. The summed E-state index contributed by atoms with van der Waals surface area (Å²) >= 11 is 0. The van der Waals surface area contributed by atoms with Crippen LogP contribution in [0.1, 0.15) is 50.5 Å².